The van der Waals surface area contributed by atoms with E-state index in [9.17, 15) is 0 Å². The van der Waals surface area contributed by atoms with Gasteiger partial charge in [0.2, 0.25) is 0 Å². The monoisotopic (exact) mass is 502 g/mol. The van der Waals surface area contributed by atoms with E-state index in [0.29, 0.717) is 6.54 Å². The van der Waals surface area contributed by atoms with Gasteiger partial charge in [0.25, 0.3) is 0 Å². The number of nitrogens with zero attached hydrogens (tertiary/aromatic N) is 3. The number of nitrogens with one attached hydrogen (secondary N) is 1. The van der Waals surface area contributed by atoms with Gasteiger partial charge in [0.1, 0.15) is 16.5 Å². The molecule has 0 atom stereocenters. The zero-order valence-electron chi connectivity index (χ0n) is 19.5. The van der Waals surface area contributed by atoms with E-state index in [1.54, 1.807) is 31.8 Å². The highest BCUT2D eigenvalue weighted by Gasteiger charge is 2.14. The number of halogens is 1. The summed E-state index contributed by atoms with van der Waals surface area (Å²) in [6.07, 6.45) is 3.55. The smallest absolute Gasteiger partial charge is 0.127 e. The molecule has 0 saturated carbocycles. The molecular weight excluding hydrogens is 480 g/mol. The molecule has 1 N–H and O–H groups in total. The first-order valence-corrected chi connectivity index (χ1v) is 12.2. The molecule has 0 fully saturated rings. The number of aryl methyl sites for hydroxylation is 1. The molecule has 176 valence electrons. The lowest BCUT2D eigenvalue weighted by Crippen LogP contribution is -2.03. The number of thiazole rings is 1. The lowest BCUT2D eigenvalue weighted by atomic mass is 9.97. The highest BCUT2D eigenvalue weighted by molar-refractivity contribution is 7.13. The van der Waals surface area contributed by atoms with E-state index in [2.05, 4.69) is 38.7 Å². The number of hydrogen-bond acceptors (Lipinski definition) is 7. The molecule has 0 saturated heterocycles. The Labute approximate surface area is 212 Å². The Hall–Kier alpha value is -3.68. The van der Waals surface area contributed by atoms with E-state index in [1.807, 2.05) is 48.8 Å². The predicted molar refractivity (Wildman–Crippen MR) is 143 cm³/mol. The Kier molecular flexibility index (Phi) is 6.53. The first kappa shape index (κ1) is 23.1. The topological polar surface area (TPSA) is 69.2 Å². The first-order valence-electron chi connectivity index (χ1n) is 11.0. The third-order valence-electron chi connectivity index (χ3n) is 5.88. The molecule has 0 aliphatic carbocycles. The summed E-state index contributed by atoms with van der Waals surface area (Å²) < 4.78 is 10.8. The van der Waals surface area contributed by atoms with Crippen LogP contribution >= 0.6 is 22.9 Å². The van der Waals surface area contributed by atoms with Crippen molar-refractivity contribution >= 4 is 39.5 Å². The Morgan fingerprint density at radius 3 is 2.66 bits per heavy atom. The summed E-state index contributed by atoms with van der Waals surface area (Å²) in [6.45, 7) is 2.57. The lowest BCUT2D eigenvalue weighted by molar-refractivity contribution is 0.391. The van der Waals surface area contributed by atoms with Crippen LogP contribution in [0.1, 0.15) is 11.1 Å². The van der Waals surface area contributed by atoms with Crippen molar-refractivity contribution in [3.63, 3.8) is 0 Å². The molecule has 5 aromatic rings. The van der Waals surface area contributed by atoms with Crippen LogP contribution in [-0.2, 0) is 6.54 Å². The molecular formula is C27H23ClN4O2S. The van der Waals surface area contributed by atoms with Gasteiger partial charge in [0.15, 0.2) is 0 Å². The average Bonchev–Trinajstić information content (AvgIpc) is 3.43. The van der Waals surface area contributed by atoms with Crippen molar-refractivity contribution < 1.29 is 9.47 Å². The molecule has 0 radical (unpaired) electrons. The van der Waals surface area contributed by atoms with Gasteiger partial charge in [-0.1, -0.05) is 17.7 Å². The second-order valence-electron chi connectivity index (χ2n) is 8.01. The second-order valence-corrected chi connectivity index (χ2v) is 9.31. The molecule has 6 nitrogen and oxygen atoms in total. The van der Waals surface area contributed by atoms with Gasteiger partial charge >= 0.3 is 0 Å². The van der Waals surface area contributed by atoms with E-state index in [4.69, 9.17) is 21.1 Å². The average molecular weight is 503 g/mol. The summed E-state index contributed by atoms with van der Waals surface area (Å²) in [4.78, 5) is 4.52. The predicted octanol–water partition coefficient (Wildman–Crippen LogP) is 7.01. The fourth-order valence-electron chi connectivity index (χ4n) is 4.01. The Bertz CT molecular complexity index is 1510. The molecule has 8 heteroatoms. The summed E-state index contributed by atoms with van der Waals surface area (Å²) in [5.74, 6) is 1.51. The van der Waals surface area contributed by atoms with Crippen molar-refractivity contribution in [3.8, 4) is 33.2 Å². The quantitative estimate of drug-likeness (QED) is 0.258. The minimum Gasteiger partial charge on any atom is -0.497 e. The highest BCUT2D eigenvalue weighted by atomic mass is 35.5. The van der Waals surface area contributed by atoms with Crippen LogP contribution in [0.3, 0.4) is 0 Å². The molecule has 0 amide bonds. The van der Waals surface area contributed by atoms with Crippen LogP contribution in [0.2, 0.25) is 5.02 Å². The van der Waals surface area contributed by atoms with Gasteiger partial charge in [-0.3, -0.25) is 0 Å². The maximum Gasteiger partial charge on any atom is 0.127 e. The maximum absolute atomic E-state index is 6.51. The molecule has 3 aromatic carbocycles. The highest BCUT2D eigenvalue weighted by Crippen LogP contribution is 2.38. The Balaban J connectivity index is 1.50. The number of fused-ring (bicyclic) bond motifs is 1. The van der Waals surface area contributed by atoms with Crippen molar-refractivity contribution in [1.82, 2.24) is 15.2 Å². The van der Waals surface area contributed by atoms with Gasteiger partial charge in [0.05, 0.1) is 31.6 Å². The molecule has 0 unspecified atom stereocenters. The summed E-state index contributed by atoms with van der Waals surface area (Å²) >= 11 is 8.12. The molecule has 35 heavy (non-hydrogen) atoms. The van der Waals surface area contributed by atoms with Crippen LogP contribution < -0.4 is 14.8 Å². The van der Waals surface area contributed by atoms with Crippen LogP contribution in [0.15, 0.2) is 66.3 Å². The summed E-state index contributed by atoms with van der Waals surface area (Å²) in [5.41, 5.74) is 6.78. The number of rotatable bonds is 7. The van der Waals surface area contributed by atoms with Crippen molar-refractivity contribution in [2.24, 2.45) is 0 Å². The molecule has 2 aromatic heterocycles. The number of methoxy groups -OCH3 is 2. The van der Waals surface area contributed by atoms with Gasteiger partial charge in [-0.2, -0.15) is 10.2 Å². The van der Waals surface area contributed by atoms with Crippen LogP contribution in [0, 0.1) is 6.92 Å². The number of ether oxygens (including phenoxy) is 2. The summed E-state index contributed by atoms with van der Waals surface area (Å²) in [5, 5.41) is 16.7. The number of benzene rings is 3. The molecule has 0 aliphatic rings. The summed E-state index contributed by atoms with van der Waals surface area (Å²) in [7, 11) is 3.29. The standard InChI is InChI=1S/C27H23ClN4O2S/c1-16-10-22(27-29-8-9-35-27)21(13-23(16)28)17-5-7-20-24(11-17)32-31-15-25(20)30-14-18-4-6-19(33-2)12-26(18)34-3/h4-13,15H,14H2,1-3H3,(H,30,32). The minimum absolute atomic E-state index is 0.567. The molecule has 0 aliphatic heterocycles. The van der Waals surface area contributed by atoms with Crippen molar-refractivity contribution in [1.29, 1.82) is 0 Å². The van der Waals surface area contributed by atoms with Gasteiger partial charge in [0, 0.05) is 45.7 Å². The normalized spacial score (nSPS) is 11.0. The van der Waals surface area contributed by atoms with E-state index < -0.39 is 0 Å². The molecule has 0 spiro atoms. The summed E-state index contributed by atoms with van der Waals surface area (Å²) in [6, 6.07) is 16.1. The third-order valence-corrected chi connectivity index (χ3v) is 7.09. The lowest BCUT2D eigenvalue weighted by Gasteiger charge is -2.14. The van der Waals surface area contributed by atoms with Gasteiger partial charge in [-0.25, -0.2) is 4.98 Å². The van der Waals surface area contributed by atoms with E-state index in [1.165, 1.54) is 0 Å². The second kappa shape index (κ2) is 9.90. The zero-order chi connectivity index (χ0) is 24.4. The van der Waals surface area contributed by atoms with Gasteiger partial charge in [-0.05, 0) is 60.0 Å². The SMILES string of the molecule is COc1ccc(CNc2cnnc3cc(-c4cc(Cl)c(C)cc4-c4nccs4)ccc23)c(OC)c1. The van der Waals surface area contributed by atoms with E-state index in [0.717, 1.165) is 65.9 Å². The molecule has 2 heterocycles. The largest absolute Gasteiger partial charge is 0.497 e. The Morgan fingerprint density at radius 2 is 1.89 bits per heavy atom. The number of aromatic nitrogens is 3. The minimum atomic E-state index is 0.567. The fraction of sp³-hybridized carbons (Fsp3) is 0.148. The molecule has 0 bridgehead atoms. The fourth-order valence-corrected chi connectivity index (χ4v) is 4.84. The van der Waals surface area contributed by atoms with Crippen LogP contribution in [0.4, 0.5) is 5.69 Å². The van der Waals surface area contributed by atoms with Crippen molar-refractivity contribution in [2.75, 3.05) is 19.5 Å². The van der Waals surface area contributed by atoms with Crippen molar-refractivity contribution in [3.05, 3.63) is 82.5 Å². The van der Waals surface area contributed by atoms with E-state index in [-0.39, 0.29) is 0 Å². The molecule has 5 rings (SSSR count). The van der Waals surface area contributed by atoms with Gasteiger partial charge < -0.3 is 14.8 Å². The Morgan fingerprint density at radius 1 is 1.00 bits per heavy atom. The first-order chi connectivity index (χ1) is 17.1. The van der Waals surface area contributed by atoms with Crippen LogP contribution in [-0.4, -0.2) is 29.4 Å². The van der Waals surface area contributed by atoms with Crippen LogP contribution in [0.25, 0.3) is 32.6 Å². The third kappa shape index (κ3) is 4.65. The number of hydrogen-bond donors (Lipinski definition) is 1. The van der Waals surface area contributed by atoms with Crippen molar-refractivity contribution in [2.45, 2.75) is 13.5 Å². The number of anilines is 1. The van der Waals surface area contributed by atoms with Gasteiger partial charge in [-0.15, -0.1) is 11.3 Å². The zero-order valence-corrected chi connectivity index (χ0v) is 21.1. The maximum atomic E-state index is 6.51. The van der Waals surface area contributed by atoms with E-state index >= 15 is 0 Å². The van der Waals surface area contributed by atoms with Crippen LogP contribution in [0.5, 0.6) is 11.5 Å².